The number of nitrogens with one attached hydrogen (secondary N) is 2. The molecular formula is C46H48ClN5O5. The molecule has 10 nitrogen and oxygen atoms in total. The Morgan fingerprint density at radius 2 is 1.42 bits per heavy atom. The summed E-state index contributed by atoms with van der Waals surface area (Å²) in [6.07, 6.45) is 5.24. The van der Waals surface area contributed by atoms with Crippen molar-refractivity contribution in [3.63, 3.8) is 0 Å². The van der Waals surface area contributed by atoms with Crippen LogP contribution in [0.25, 0.3) is 11.1 Å². The number of fused-ring (bicyclic) bond motifs is 1. The third-order valence-electron chi connectivity index (χ3n) is 12.0. The minimum absolute atomic E-state index is 0.0966. The Labute approximate surface area is 338 Å². The van der Waals surface area contributed by atoms with E-state index in [4.69, 9.17) is 11.6 Å². The lowest BCUT2D eigenvalue weighted by Gasteiger charge is -2.37. The fourth-order valence-electron chi connectivity index (χ4n) is 8.89. The summed E-state index contributed by atoms with van der Waals surface area (Å²) < 4.78 is 0. The monoisotopic (exact) mass is 785 g/mol. The third kappa shape index (κ3) is 8.20. The van der Waals surface area contributed by atoms with Gasteiger partial charge >= 0.3 is 0 Å². The molecule has 3 N–H and O–H groups in total. The molecule has 4 aromatic rings. The fraction of sp³-hybridized carbons (Fsp3) is 0.348. The zero-order valence-electron chi connectivity index (χ0n) is 32.0. The number of nitrogens with zero attached hydrogens (tertiary/aromatic N) is 3. The van der Waals surface area contributed by atoms with Crippen LogP contribution in [-0.4, -0.2) is 84.3 Å². The first kappa shape index (κ1) is 38.4. The third-order valence-corrected chi connectivity index (χ3v) is 12.2. The molecule has 0 aliphatic carbocycles. The number of amides is 4. The van der Waals surface area contributed by atoms with Crippen molar-refractivity contribution in [2.75, 3.05) is 48.4 Å². The van der Waals surface area contributed by atoms with Gasteiger partial charge in [-0.3, -0.25) is 29.4 Å². The molecule has 2 atom stereocenters. The van der Waals surface area contributed by atoms with Gasteiger partial charge in [0.15, 0.2) is 0 Å². The number of hydrogen-bond donors (Lipinski definition) is 3. The van der Waals surface area contributed by atoms with E-state index < -0.39 is 23.8 Å². The number of piperidine rings is 3. The van der Waals surface area contributed by atoms with Gasteiger partial charge in [0.1, 0.15) is 11.8 Å². The maximum atomic E-state index is 13.4. The largest absolute Gasteiger partial charge is 0.508 e. The second-order valence-electron chi connectivity index (χ2n) is 15.6. The first-order valence-corrected chi connectivity index (χ1v) is 20.6. The number of phenols is 1. The molecule has 0 aromatic heterocycles. The number of halogens is 1. The number of anilines is 2. The highest BCUT2D eigenvalue weighted by Gasteiger charge is 2.45. The second-order valence-corrected chi connectivity index (χ2v) is 15.9. The Balaban J connectivity index is 0.872. The van der Waals surface area contributed by atoms with Crippen LogP contribution < -0.4 is 20.4 Å². The Kier molecular flexibility index (Phi) is 11.4. The zero-order valence-corrected chi connectivity index (χ0v) is 32.7. The molecule has 3 saturated heterocycles. The van der Waals surface area contributed by atoms with Crippen LogP contribution in [0.4, 0.5) is 11.4 Å². The van der Waals surface area contributed by atoms with Crippen molar-refractivity contribution < 1.29 is 24.3 Å². The van der Waals surface area contributed by atoms with Gasteiger partial charge in [-0.15, -0.1) is 11.6 Å². The molecule has 3 fully saturated rings. The molecule has 8 rings (SSSR count). The zero-order chi connectivity index (χ0) is 39.5. The molecule has 1 unspecified atom stereocenters. The average molecular weight is 786 g/mol. The van der Waals surface area contributed by atoms with E-state index in [1.807, 2.05) is 24.3 Å². The number of allylic oxidation sites excluding steroid dienone is 1. The van der Waals surface area contributed by atoms with Crippen LogP contribution in [0.1, 0.15) is 82.4 Å². The smallest absolute Gasteiger partial charge is 0.262 e. The van der Waals surface area contributed by atoms with Gasteiger partial charge in [-0.25, -0.2) is 0 Å². The summed E-state index contributed by atoms with van der Waals surface area (Å²) in [4.78, 5) is 56.5. The Morgan fingerprint density at radius 3 is 2.12 bits per heavy atom. The predicted octanol–water partition coefficient (Wildman–Crippen LogP) is 6.86. The highest BCUT2D eigenvalue weighted by molar-refractivity contribution is 6.23. The van der Waals surface area contributed by atoms with Crippen LogP contribution in [0.3, 0.4) is 0 Å². The Hall–Kier alpha value is -5.45. The topological polar surface area (TPSA) is 122 Å². The van der Waals surface area contributed by atoms with E-state index in [9.17, 15) is 24.3 Å². The number of aromatic hydroxyl groups is 1. The lowest BCUT2D eigenvalue weighted by atomic mass is 9.88. The van der Waals surface area contributed by atoms with Gasteiger partial charge in [-0.2, -0.15) is 0 Å². The molecule has 0 saturated carbocycles. The summed E-state index contributed by atoms with van der Waals surface area (Å²) in [5.74, 6) is -0.630. The van der Waals surface area contributed by atoms with E-state index in [0.717, 1.165) is 91.3 Å². The van der Waals surface area contributed by atoms with Crippen molar-refractivity contribution in [2.45, 2.75) is 57.0 Å². The van der Waals surface area contributed by atoms with Crippen molar-refractivity contribution in [1.29, 1.82) is 0 Å². The number of carbonyl (C=O) groups is 4. The van der Waals surface area contributed by atoms with Crippen LogP contribution in [0.5, 0.6) is 5.75 Å². The molecule has 0 bridgehead atoms. The van der Waals surface area contributed by atoms with Gasteiger partial charge in [0.25, 0.3) is 11.8 Å². The SMILES string of the molecule is O=C1CCC(N2C(=O)c3ccc(N4CCC[C@@H](NCC5CCN(c6ccc(C(=C(CCCl)c7ccccc7)c7ccc(O)cc7)cc6)CC5)C4)cc3C2=O)C(=O)N1. The van der Waals surface area contributed by atoms with E-state index in [0.29, 0.717) is 35.4 Å². The van der Waals surface area contributed by atoms with Gasteiger partial charge < -0.3 is 20.2 Å². The molecule has 4 aromatic carbocycles. The predicted molar refractivity (Wildman–Crippen MR) is 224 cm³/mol. The lowest BCUT2D eigenvalue weighted by Crippen LogP contribution is -2.54. The standard InChI is InChI=1S/C46H48ClN5O5/c47-23-20-38(31-5-2-1-3-6-31)43(33-10-15-37(53)16-11-33)32-8-12-35(13-9-32)50-25-21-30(22-26-50)28-48-34-7-4-24-51(29-34)36-14-17-39-40(27-36)46(57)52(45(39)56)41-18-19-42(54)49-44(41)55/h1-3,5-6,8-17,27,30,34,41,48,53H,4,7,18-26,28-29H2,(H,49,54,55)/t34-,41?/m1/s1. The van der Waals surface area contributed by atoms with Crippen LogP contribution in [0, 0.1) is 5.92 Å². The fourth-order valence-corrected chi connectivity index (χ4v) is 9.08. The van der Waals surface area contributed by atoms with Gasteiger partial charge in [-0.05, 0) is 121 Å². The van der Waals surface area contributed by atoms with Gasteiger partial charge in [0.2, 0.25) is 11.8 Å². The van der Waals surface area contributed by atoms with Crippen molar-refractivity contribution >= 4 is 57.8 Å². The molecule has 0 radical (unpaired) electrons. The van der Waals surface area contributed by atoms with Gasteiger partial charge in [0.05, 0.1) is 11.1 Å². The lowest BCUT2D eigenvalue weighted by molar-refractivity contribution is -0.136. The Morgan fingerprint density at radius 1 is 0.737 bits per heavy atom. The van der Waals surface area contributed by atoms with Gasteiger partial charge in [0, 0.05) is 55.9 Å². The van der Waals surface area contributed by atoms with Crippen LogP contribution in [0.15, 0.2) is 97.1 Å². The summed E-state index contributed by atoms with van der Waals surface area (Å²) in [5, 5.41) is 16.1. The van der Waals surface area contributed by atoms with Gasteiger partial charge in [-0.1, -0.05) is 54.6 Å². The highest BCUT2D eigenvalue weighted by atomic mass is 35.5. The van der Waals surface area contributed by atoms with Crippen LogP contribution >= 0.6 is 11.6 Å². The molecule has 4 heterocycles. The van der Waals surface area contributed by atoms with E-state index in [1.165, 1.54) is 11.3 Å². The van der Waals surface area contributed by atoms with Crippen LogP contribution in [0.2, 0.25) is 0 Å². The maximum Gasteiger partial charge on any atom is 0.262 e. The van der Waals surface area contributed by atoms with E-state index >= 15 is 0 Å². The van der Waals surface area contributed by atoms with Crippen molar-refractivity contribution in [3.05, 3.63) is 125 Å². The summed E-state index contributed by atoms with van der Waals surface area (Å²) in [7, 11) is 0. The molecule has 4 amide bonds. The minimum atomic E-state index is -0.970. The highest BCUT2D eigenvalue weighted by Crippen LogP contribution is 2.37. The molecule has 294 valence electrons. The molecule has 11 heteroatoms. The quantitative estimate of drug-likeness (QED) is 0.0858. The molecule has 4 aliphatic rings. The van der Waals surface area contributed by atoms with E-state index in [-0.39, 0.29) is 24.5 Å². The molecule has 0 spiro atoms. The van der Waals surface area contributed by atoms with Crippen molar-refractivity contribution in [3.8, 4) is 5.75 Å². The van der Waals surface area contributed by atoms with Crippen LogP contribution in [-0.2, 0) is 9.59 Å². The van der Waals surface area contributed by atoms with Crippen molar-refractivity contribution in [1.82, 2.24) is 15.5 Å². The second kappa shape index (κ2) is 17.0. The van der Waals surface area contributed by atoms with Crippen molar-refractivity contribution in [2.24, 2.45) is 5.92 Å². The van der Waals surface area contributed by atoms with E-state index in [1.54, 1.807) is 24.3 Å². The average Bonchev–Trinajstić information content (AvgIpc) is 3.49. The molecule has 57 heavy (non-hydrogen) atoms. The number of rotatable bonds is 11. The molecular weight excluding hydrogens is 738 g/mol. The normalized spacial score (nSPS) is 20.8. The number of hydrogen-bond acceptors (Lipinski definition) is 8. The number of phenolic OH excluding ortho intramolecular Hbond substituents is 1. The van der Waals surface area contributed by atoms with E-state index in [2.05, 4.69) is 69.0 Å². The summed E-state index contributed by atoms with van der Waals surface area (Å²) >= 11 is 6.36. The number of alkyl halides is 1. The minimum Gasteiger partial charge on any atom is -0.508 e. The summed E-state index contributed by atoms with van der Waals surface area (Å²) in [6, 6.07) is 31.4. The number of imide groups is 2. The summed E-state index contributed by atoms with van der Waals surface area (Å²) in [5.41, 5.74) is 8.32. The molecule has 4 aliphatic heterocycles. The first-order chi connectivity index (χ1) is 27.8. The number of carbonyl (C=O) groups excluding carboxylic acids is 4. The Bertz CT molecular complexity index is 2170. The summed E-state index contributed by atoms with van der Waals surface area (Å²) in [6.45, 7) is 4.60. The maximum absolute atomic E-state index is 13.4. The number of benzene rings is 4. The first-order valence-electron chi connectivity index (χ1n) is 20.1.